The van der Waals surface area contributed by atoms with Gasteiger partial charge in [0.05, 0.1) is 18.8 Å². The summed E-state index contributed by atoms with van der Waals surface area (Å²) in [5, 5.41) is 0. The summed E-state index contributed by atoms with van der Waals surface area (Å²) in [5.41, 5.74) is -0.0647. The van der Waals surface area contributed by atoms with Crippen molar-refractivity contribution in [3.8, 4) is 0 Å². The van der Waals surface area contributed by atoms with Gasteiger partial charge in [-0.1, -0.05) is 6.92 Å². The van der Waals surface area contributed by atoms with E-state index in [0.29, 0.717) is 6.10 Å². The third-order valence-electron chi connectivity index (χ3n) is 3.19. The molecule has 13 heavy (non-hydrogen) atoms. The zero-order valence-electron chi connectivity index (χ0n) is 8.58. The molecule has 2 rings (SSSR count). The van der Waals surface area contributed by atoms with E-state index < -0.39 is 0 Å². The molecule has 3 heteroatoms. The molecule has 0 N–H and O–H groups in total. The molecule has 0 aromatic heterocycles. The van der Waals surface area contributed by atoms with Crippen molar-refractivity contribution < 1.29 is 14.2 Å². The Balaban J connectivity index is 1.85. The minimum Gasteiger partial charge on any atom is -0.372 e. The third-order valence-corrected chi connectivity index (χ3v) is 3.19. The van der Waals surface area contributed by atoms with Crippen LogP contribution in [0.1, 0.15) is 33.6 Å². The van der Waals surface area contributed by atoms with Crippen molar-refractivity contribution in [1.29, 1.82) is 0 Å². The average molecular weight is 186 g/mol. The summed E-state index contributed by atoms with van der Waals surface area (Å²) in [6, 6.07) is 0. The van der Waals surface area contributed by atoms with Gasteiger partial charge < -0.3 is 14.2 Å². The van der Waals surface area contributed by atoms with Crippen LogP contribution >= 0.6 is 0 Å². The molecule has 0 spiro atoms. The van der Waals surface area contributed by atoms with E-state index >= 15 is 0 Å². The Morgan fingerprint density at radius 3 is 2.46 bits per heavy atom. The largest absolute Gasteiger partial charge is 0.372 e. The Morgan fingerprint density at radius 1 is 1.46 bits per heavy atom. The van der Waals surface area contributed by atoms with Gasteiger partial charge in [-0.05, 0) is 20.3 Å². The van der Waals surface area contributed by atoms with Crippen LogP contribution in [0.2, 0.25) is 0 Å². The summed E-state index contributed by atoms with van der Waals surface area (Å²) >= 11 is 0. The molecule has 3 nitrogen and oxygen atoms in total. The SMILES string of the molecule is CCC1(OC2CC(C)O2)COC1C. The normalized spacial score (nSPS) is 49.6. The van der Waals surface area contributed by atoms with Crippen LogP contribution in [0.15, 0.2) is 0 Å². The maximum Gasteiger partial charge on any atom is 0.161 e. The van der Waals surface area contributed by atoms with E-state index in [1.54, 1.807) is 0 Å². The Labute approximate surface area is 79.4 Å². The fourth-order valence-electron chi connectivity index (χ4n) is 1.90. The van der Waals surface area contributed by atoms with Crippen LogP contribution in [-0.2, 0) is 14.2 Å². The predicted octanol–water partition coefficient (Wildman–Crippen LogP) is 1.71. The van der Waals surface area contributed by atoms with Gasteiger partial charge in [-0.15, -0.1) is 0 Å². The fraction of sp³-hybridized carbons (Fsp3) is 1.00. The quantitative estimate of drug-likeness (QED) is 0.671. The van der Waals surface area contributed by atoms with Crippen LogP contribution in [-0.4, -0.2) is 30.7 Å². The maximum absolute atomic E-state index is 5.89. The van der Waals surface area contributed by atoms with Gasteiger partial charge in [0.15, 0.2) is 6.29 Å². The van der Waals surface area contributed by atoms with Gasteiger partial charge in [-0.2, -0.15) is 0 Å². The zero-order chi connectivity index (χ0) is 9.47. The van der Waals surface area contributed by atoms with Gasteiger partial charge in [0.2, 0.25) is 0 Å². The summed E-state index contributed by atoms with van der Waals surface area (Å²) < 4.78 is 16.7. The molecule has 2 heterocycles. The van der Waals surface area contributed by atoms with Crippen molar-refractivity contribution in [3.05, 3.63) is 0 Å². The average Bonchev–Trinajstić information content (AvgIpc) is 2.08. The highest BCUT2D eigenvalue weighted by molar-refractivity contribution is 4.94. The van der Waals surface area contributed by atoms with E-state index in [9.17, 15) is 0 Å². The molecular weight excluding hydrogens is 168 g/mol. The van der Waals surface area contributed by atoms with Gasteiger partial charge in [-0.3, -0.25) is 0 Å². The molecule has 0 amide bonds. The topological polar surface area (TPSA) is 27.7 Å². The van der Waals surface area contributed by atoms with E-state index in [1.807, 2.05) is 0 Å². The highest BCUT2D eigenvalue weighted by Crippen LogP contribution is 2.37. The first-order chi connectivity index (χ1) is 6.16. The molecule has 0 saturated carbocycles. The van der Waals surface area contributed by atoms with Crippen molar-refractivity contribution >= 4 is 0 Å². The van der Waals surface area contributed by atoms with Gasteiger partial charge in [0, 0.05) is 6.42 Å². The van der Waals surface area contributed by atoms with E-state index in [-0.39, 0.29) is 18.0 Å². The molecule has 0 aromatic rings. The first-order valence-electron chi connectivity index (χ1n) is 5.11. The first-order valence-corrected chi connectivity index (χ1v) is 5.11. The monoisotopic (exact) mass is 186 g/mol. The minimum atomic E-state index is -0.0647. The van der Waals surface area contributed by atoms with E-state index in [1.165, 1.54) is 0 Å². The Kier molecular flexibility index (Phi) is 2.34. The molecule has 0 radical (unpaired) electrons. The summed E-state index contributed by atoms with van der Waals surface area (Å²) in [4.78, 5) is 0. The second kappa shape index (κ2) is 3.23. The second-order valence-electron chi connectivity index (χ2n) is 4.10. The summed E-state index contributed by atoms with van der Waals surface area (Å²) in [6.07, 6.45) is 2.63. The van der Waals surface area contributed by atoms with Crippen molar-refractivity contribution in [3.63, 3.8) is 0 Å². The minimum absolute atomic E-state index is 0.0151. The zero-order valence-corrected chi connectivity index (χ0v) is 8.58. The number of ether oxygens (including phenoxy) is 3. The van der Waals surface area contributed by atoms with Gasteiger partial charge in [0.25, 0.3) is 0 Å². The summed E-state index contributed by atoms with van der Waals surface area (Å²) in [5.74, 6) is 0. The lowest BCUT2D eigenvalue weighted by molar-refractivity contribution is -0.355. The molecule has 2 aliphatic rings. The molecule has 4 atom stereocenters. The van der Waals surface area contributed by atoms with Crippen LogP contribution < -0.4 is 0 Å². The standard InChI is InChI=1S/C10H18O3/c1-4-10(6-11-8(10)3)13-9-5-7(2)12-9/h7-9H,4-6H2,1-3H3. The van der Waals surface area contributed by atoms with Crippen molar-refractivity contribution in [2.24, 2.45) is 0 Å². The lowest BCUT2D eigenvalue weighted by Crippen LogP contribution is -2.61. The fourth-order valence-corrected chi connectivity index (χ4v) is 1.90. The first kappa shape index (κ1) is 9.44. The molecule has 2 saturated heterocycles. The lowest BCUT2D eigenvalue weighted by atomic mass is 9.90. The van der Waals surface area contributed by atoms with E-state index in [4.69, 9.17) is 14.2 Å². The summed E-state index contributed by atoms with van der Waals surface area (Å²) in [6.45, 7) is 6.99. The van der Waals surface area contributed by atoms with Crippen molar-refractivity contribution in [1.82, 2.24) is 0 Å². The molecule has 2 aliphatic heterocycles. The number of rotatable bonds is 3. The predicted molar refractivity (Wildman–Crippen MR) is 48.5 cm³/mol. The highest BCUT2D eigenvalue weighted by atomic mass is 16.7. The molecule has 0 aromatic carbocycles. The molecule has 0 aliphatic carbocycles. The van der Waals surface area contributed by atoms with Crippen LogP contribution in [0, 0.1) is 0 Å². The van der Waals surface area contributed by atoms with E-state index in [0.717, 1.165) is 19.4 Å². The highest BCUT2D eigenvalue weighted by Gasteiger charge is 2.48. The summed E-state index contributed by atoms with van der Waals surface area (Å²) in [7, 11) is 0. The van der Waals surface area contributed by atoms with Crippen LogP contribution in [0.4, 0.5) is 0 Å². The molecular formula is C10H18O3. The number of hydrogen-bond donors (Lipinski definition) is 0. The Hall–Kier alpha value is -0.120. The van der Waals surface area contributed by atoms with Gasteiger partial charge >= 0.3 is 0 Å². The number of hydrogen-bond acceptors (Lipinski definition) is 3. The van der Waals surface area contributed by atoms with E-state index in [2.05, 4.69) is 20.8 Å². The van der Waals surface area contributed by atoms with Crippen LogP contribution in [0.3, 0.4) is 0 Å². The third kappa shape index (κ3) is 1.49. The van der Waals surface area contributed by atoms with Crippen molar-refractivity contribution in [2.45, 2.75) is 57.7 Å². The van der Waals surface area contributed by atoms with Crippen LogP contribution in [0.25, 0.3) is 0 Å². The Morgan fingerprint density at radius 2 is 2.15 bits per heavy atom. The molecule has 2 fully saturated rings. The Bertz CT molecular complexity index is 185. The lowest BCUT2D eigenvalue weighted by Gasteiger charge is -2.50. The second-order valence-corrected chi connectivity index (χ2v) is 4.10. The molecule has 4 unspecified atom stereocenters. The van der Waals surface area contributed by atoms with Gasteiger partial charge in [0.1, 0.15) is 5.60 Å². The smallest absolute Gasteiger partial charge is 0.161 e. The van der Waals surface area contributed by atoms with Crippen molar-refractivity contribution in [2.75, 3.05) is 6.61 Å². The van der Waals surface area contributed by atoms with Crippen LogP contribution in [0.5, 0.6) is 0 Å². The molecule has 0 bridgehead atoms. The molecule has 76 valence electrons. The maximum atomic E-state index is 5.89. The van der Waals surface area contributed by atoms with Gasteiger partial charge in [-0.25, -0.2) is 0 Å².